The van der Waals surface area contributed by atoms with Gasteiger partial charge in [-0.2, -0.15) is 5.26 Å². The maximum Gasteiger partial charge on any atom is 0.0912 e. The Morgan fingerprint density at radius 1 is 0.935 bits per heavy atom. The fourth-order valence-corrected chi connectivity index (χ4v) is 5.37. The summed E-state index contributed by atoms with van der Waals surface area (Å²) in [4.78, 5) is 0. The molecule has 0 bridgehead atoms. The minimum Gasteiger partial charge on any atom is -0.378 e. The van der Waals surface area contributed by atoms with Crippen LogP contribution in [0.15, 0.2) is 48.6 Å². The molecule has 1 aromatic carbocycles. The molecule has 0 aromatic heterocycles. The molecule has 0 aliphatic heterocycles. The Morgan fingerprint density at radius 3 is 2.32 bits per heavy atom. The summed E-state index contributed by atoms with van der Waals surface area (Å²) in [6, 6.07) is 11.4. The normalized spacial score (nSPS) is 27.0. The number of aryl methyl sites for hydroxylation is 1. The van der Waals surface area contributed by atoms with E-state index < -0.39 is 0 Å². The van der Waals surface area contributed by atoms with Gasteiger partial charge < -0.3 is 4.74 Å². The first kappa shape index (κ1) is 23.8. The lowest BCUT2D eigenvalue weighted by Gasteiger charge is -2.32. The van der Waals surface area contributed by atoms with E-state index in [1.54, 1.807) is 0 Å². The highest BCUT2D eigenvalue weighted by molar-refractivity contribution is 5.26. The van der Waals surface area contributed by atoms with Crippen molar-refractivity contribution in [1.82, 2.24) is 0 Å². The molecule has 2 aliphatic carbocycles. The first-order valence-electron chi connectivity index (χ1n) is 12.7. The van der Waals surface area contributed by atoms with Crippen LogP contribution in [0.5, 0.6) is 0 Å². The van der Waals surface area contributed by atoms with Crippen molar-refractivity contribution in [2.24, 2.45) is 11.8 Å². The fraction of sp³-hybridized carbons (Fsp3) is 0.621. The quantitative estimate of drug-likeness (QED) is 0.285. The summed E-state index contributed by atoms with van der Waals surface area (Å²) in [6.45, 7) is 3.23. The molecule has 0 amide bonds. The Hall–Kier alpha value is -1.85. The molecule has 0 radical (unpaired) electrons. The zero-order valence-corrected chi connectivity index (χ0v) is 19.5. The van der Waals surface area contributed by atoms with E-state index in [9.17, 15) is 0 Å². The number of nitrogens with zero attached hydrogens (tertiary/aromatic N) is 1. The van der Waals surface area contributed by atoms with Crippen LogP contribution < -0.4 is 0 Å². The highest BCUT2D eigenvalue weighted by Gasteiger charge is 2.25. The summed E-state index contributed by atoms with van der Waals surface area (Å²) in [5, 5.41) is 8.48. The fourth-order valence-electron chi connectivity index (χ4n) is 5.37. The lowest BCUT2D eigenvalue weighted by molar-refractivity contribution is -0.00474. The summed E-state index contributed by atoms with van der Waals surface area (Å²) in [5.41, 5.74) is 3.01. The lowest BCUT2D eigenvalue weighted by Crippen LogP contribution is -2.25. The number of hydrogen-bond donors (Lipinski definition) is 0. The SMILES string of the molecule is CCCc1ccc(C2CCC(OCC3CCC(CCC=CC=CC#N)CC3)CC2)cc1. The van der Waals surface area contributed by atoms with Crippen LogP contribution in [0.1, 0.15) is 94.6 Å². The molecule has 2 aliphatic rings. The standard InChI is InChI=1S/C29H41NO/c1-2-8-24-14-16-27(17-15-24)28-18-20-29(21-19-28)31-23-26-12-10-25(11-13-26)9-6-4-3-5-7-22-30/h3-5,7,14-17,25-26,28-29H,2,6,8-13,18-21,23H2,1H3. The second-order valence-corrected chi connectivity index (χ2v) is 9.68. The molecule has 1 aromatic rings. The van der Waals surface area contributed by atoms with Gasteiger partial charge in [-0.25, -0.2) is 0 Å². The van der Waals surface area contributed by atoms with E-state index in [1.165, 1.54) is 87.8 Å². The molecule has 0 heterocycles. The Kier molecular flexibility index (Phi) is 10.4. The lowest BCUT2D eigenvalue weighted by atomic mass is 9.80. The number of benzene rings is 1. The van der Waals surface area contributed by atoms with E-state index in [-0.39, 0.29) is 0 Å². The first-order chi connectivity index (χ1) is 15.3. The van der Waals surface area contributed by atoms with Crippen molar-refractivity contribution in [3.8, 4) is 6.07 Å². The largest absolute Gasteiger partial charge is 0.378 e. The molecule has 3 rings (SSSR count). The van der Waals surface area contributed by atoms with Crippen LogP contribution in [-0.2, 0) is 11.2 Å². The minimum absolute atomic E-state index is 0.486. The molecule has 0 saturated heterocycles. The third-order valence-corrected chi connectivity index (χ3v) is 7.36. The number of rotatable bonds is 10. The van der Waals surface area contributed by atoms with Crippen LogP contribution in [0.3, 0.4) is 0 Å². The van der Waals surface area contributed by atoms with Gasteiger partial charge in [0.15, 0.2) is 0 Å². The molecule has 2 nitrogen and oxygen atoms in total. The third kappa shape index (κ3) is 8.30. The van der Waals surface area contributed by atoms with Crippen molar-refractivity contribution in [3.63, 3.8) is 0 Å². The Bertz CT molecular complexity index is 710. The summed E-state index contributed by atoms with van der Waals surface area (Å²) in [7, 11) is 0. The van der Waals surface area contributed by atoms with Crippen LogP contribution in [-0.4, -0.2) is 12.7 Å². The number of hydrogen-bond acceptors (Lipinski definition) is 2. The molecule has 168 valence electrons. The van der Waals surface area contributed by atoms with Crippen molar-refractivity contribution in [1.29, 1.82) is 5.26 Å². The number of nitriles is 1. The zero-order valence-electron chi connectivity index (χ0n) is 19.5. The predicted octanol–water partition coefficient (Wildman–Crippen LogP) is 7.90. The van der Waals surface area contributed by atoms with Crippen LogP contribution in [0.4, 0.5) is 0 Å². The van der Waals surface area contributed by atoms with Gasteiger partial charge in [0.2, 0.25) is 0 Å². The minimum atomic E-state index is 0.486. The first-order valence-corrected chi connectivity index (χ1v) is 12.7. The number of allylic oxidation sites excluding steroid dienone is 4. The van der Waals surface area contributed by atoms with E-state index in [0.717, 1.165) is 30.8 Å². The van der Waals surface area contributed by atoms with Gasteiger partial charge >= 0.3 is 0 Å². The molecular weight excluding hydrogens is 378 g/mol. The van der Waals surface area contributed by atoms with Gasteiger partial charge in [0.05, 0.1) is 12.2 Å². The van der Waals surface area contributed by atoms with Crippen LogP contribution in [0.25, 0.3) is 0 Å². The predicted molar refractivity (Wildman–Crippen MR) is 130 cm³/mol. The summed E-state index contributed by atoms with van der Waals surface area (Å²) < 4.78 is 6.38. The van der Waals surface area contributed by atoms with E-state index >= 15 is 0 Å². The van der Waals surface area contributed by atoms with Crippen molar-refractivity contribution >= 4 is 0 Å². The molecule has 2 heteroatoms. The second-order valence-electron chi connectivity index (χ2n) is 9.68. The van der Waals surface area contributed by atoms with Gasteiger partial charge in [-0.15, -0.1) is 0 Å². The summed E-state index contributed by atoms with van der Waals surface area (Å²) >= 11 is 0. The average Bonchev–Trinajstić information content (AvgIpc) is 2.82. The van der Waals surface area contributed by atoms with E-state index in [4.69, 9.17) is 10.00 Å². The molecule has 31 heavy (non-hydrogen) atoms. The Morgan fingerprint density at radius 2 is 1.65 bits per heavy atom. The number of ether oxygens (including phenoxy) is 1. The van der Waals surface area contributed by atoms with E-state index in [0.29, 0.717) is 6.10 Å². The molecule has 0 unspecified atom stereocenters. The van der Waals surface area contributed by atoms with Crippen molar-refractivity contribution in [3.05, 3.63) is 59.7 Å². The Balaban J connectivity index is 1.28. The highest BCUT2D eigenvalue weighted by atomic mass is 16.5. The van der Waals surface area contributed by atoms with Crippen molar-refractivity contribution in [2.45, 2.75) is 96.0 Å². The summed E-state index contributed by atoms with van der Waals surface area (Å²) in [6.07, 6.45) is 23.3. The van der Waals surface area contributed by atoms with Crippen LogP contribution in [0, 0.1) is 23.2 Å². The summed E-state index contributed by atoms with van der Waals surface area (Å²) in [5.74, 6) is 2.38. The topological polar surface area (TPSA) is 33.0 Å². The van der Waals surface area contributed by atoms with E-state index in [1.807, 2.05) is 18.2 Å². The van der Waals surface area contributed by atoms with Gasteiger partial charge in [0.1, 0.15) is 0 Å². The second kappa shape index (κ2) is 13.5. The Labute approximate surface area is 190 Å². The van der Waals surface area contributed by atoms with Gasteiger partial charge in [-0.05, 0) is 86.7 Å². The van der Waals surface area contributed by atoms with Gasteiger partial charge in [0.25, 0.3) is 0 Å². The van der Waals surface area contributed by atoms with Crippen LogP contribution in [0.2, 0.25) is 0 Å². The van der Waals surface area contributed by atoms with Crippen molar-refractivity contribution < 1.29 is 4.74 Å². The molecule has 2 saturated carbocycles. The maximum atomic E-state index is 8.48. The molecule has 2 fully saturated rings. The molecule has 0 N–H and O–H groups in total. The molecular formula is C29H41NO. The smallest absolute Gasteiger partial charge is 0.0912 e. The van der Waals surface area contributed by atoms with Gasteiger partial charge in [0, 0.05) is 12.7 Å². The third-order valence-electron chi connectivity index (χ3n) is 7.36. The van der Waals surface area contributed by atoms with E-state index in [2.05, 4.69) is 37.3 Å². The zero-order chi connectivity index (χ0) is 21.7. The monoisotopic (exact) mass is 419 g/mol. The van der Waals surface area contributed by atoms with Crippen LogP contribution >= 0.6 is 0 Å². The molecule has 0 atom stereocenters. The average molecular weight is 420 g/mol. The van der Waals surface area contributed by atoms with Crippen molar-refractivity contribution in [2.75, 3.05) is 6.61 Å². The highest BCUT2D eigenvalue weighted by Crippen LogP contribution is 2.36. The molecule has 0 spiro atoms. The van der Waals surface area contributed by atoms with Gasteiger partial charge in [-0.3, -0.25) is 0 Å². The van der Waals surface area contributed by atoms with Gasteiger partial charge in [-0.1, -0.05) is 68.7 Å². The maximum absolute atomic E-state index is 8.48.